The second-order valence-electron chi connectivity index (χ2n) is 4.43. The highest BCUT2D eigenvalue weighted by Gasteiger charge is 2.07. The minimum atomic E-state index is -0.610. The van der Waals surface area contributed by atoms with Crippen LogP contribution in [0.1, 0.15) is 11.1 Å². The highest BCUT2D eigenvalue weighted by atomic mass is 19.1. The van der Waals surface area contributed by atoms with Crippen molar-refractivity contribution in [2.75, 3.05) is 6.54 Å². The molecule has 0 spiro atoms. The number of halogens is 1. The Morgan fingerprint density at radius 1 is 1.29 bits per heavy atom. The summed E-state index contributed by atoms with van der Waals surface area (Å²) in [5, 5.41) is 8.80. The van der Waals surface area contributed by atoms with Crippen LogP contribution in [0.4, 0.5) is 4.39 Å². The second kappa shape index (κ2) is 6.15. The quantitative estimate of drug-likeness (QED) is 0.858. The lowest BCUT2D eigenvalue weighted by atomic mass is 10.1. The second-order valence-corrected chi connectivity index (χ2v) is 4.43. The molecule has 0 radical (unpaired) electrons. The summed E-state index contributed by atoms with van der Waals surface area (Å²) in [4.78, 5) is 23.7. The van der Waals surface area contributed by atoms with E-state index in [1.807, 2.05) is 0 Å². The predicted molar refractivity (Wildman–Crippen MR) is 74.2 cm³/mol. The number of aromatic nitrogens is 2. The first-order valence-electron chi connectivity index (χ1n) is 6.25. The van der Waals surface area contributed by atoms with E-state index in [-0.39, 0.29) is 25.2 Å². The summed E-state index contributed by atoms with van der Waals surface area (Å²) < 4.78 is 15.6. The van der Waals surface area contributed by atoms with Gasteiger partial charge in [0, 0.05) is 25.4 Å². The summed E-state index contributed by atoms with van der Waals surface area (Å²) in [6.07, 6.45) is 1.37. The van der Waals surface area contributed by atoms with Crippen LogP contribution in [0.5, 0.6) is 0 Å². The number of benzene rings is 1. The average Bonchev–Trinajstić information content (AvgIpc) is 2.48. The Kier molecular flexibility index (Phi) is 4.30. The fraction of sp³-hybridized carbons (Fsp3) is 0.214. The van der Waals surface area contributed by atoms with Crippen molar-refractivity contribution in [2.45, 2.75) is 13.1 Å². The van der Waals surface area contributed by atoms with Gasteiger partial charge in [0.1, 0.15) is 11.9 Å². The van der Waals surface area contributed by atoms with Crippen molar-refractivity contribution in [1.82, 2.24) is 9.13 Å². The van der Waals surface area contributed by atoms with Crippen molar-refractivity contribution in [3.63, 3.8) is 0 Å². The molecule has 21 heavy (non-hydrogen) atoms. The normalized spacial score (nSPS) is 10.3. The van der Waals surface area contributed by atoms with E-state index in [1.165, 1.54) is 35.0 Å². The van der Waals surface area contributed by atoms with Crippen molar-refractivity contribution in [3.05, 3.63) is 68.2 Å². The Morgan fingerprint density at radius 3 is 2.71 bits per heavy atom. The van der Waals surface area contributed by atoms with Gasteiger partial charge in [-0.25, -0.2) is 9.18 Å². The van der Waals surface area contributed by atoms with E-state index >= 15 is 0 Å². The fourth-order valence-corrected chi connectivity index (χ4v) is 1.97. The molecule has 1 aromatic heterocycles. The van der Waals surface area contributed by atoms with Crippen LogP contribution in [0, 0.1) is 17.1 Å². The molecule has 0 unspecified atom stereocenters. The van der Waals surface area contributed by atoms with Crippen LogP contribution in [0.25, 0.3) is 0 Å². The molecule has 0 bridgehead atoms. The van der Waals surface area contributed by atoms with E-state index in [0.717, 1.165) is 4.57 Å². The van der Waals surface area contributed by atoms with E-state index in [9.17, 15) is 14.0 Å². The highest BCUT2D eigenvalue weighted by molar-refractivity contribution is 5.34. The topological polar surface area (TPSA) is 93.8 Å². The molecule has 0 atom stereocenters. The molecule has 0 aliphatic rings. The molecule has 0 saturated heterocycles. The Morgan fingerprint density at radius 2 is 2.05 bits per heavy atom. The van der Waals surface area contributed by atoms with Crippen molar-refractivity contribution in [2.24, 2.45) is 5.73 Å². The highest BCUT2D eigenvalue weighted by Crippen LogP contribution is 2.10. The molecule has 2 aromatic rings. The van der Waals surface area contributed by atoms with Crippen LogP contribution in [0.3, 0.4) is 0 Å². The van der Waals surface area contributed by atoms with Gasteiger partial charge in [-0.3, -0.25) is 13.9 Å². The summed E-state index contributed by atoms with van der Waals surface area (Å²) >= 11 is 0. The molecule has 6 nitrogen and oxygen atoms in total. The first kappa shape index (κ1) is 14.7. The molecule has 7 heteroatoms. The number of nitrogens with zero attached hydrogens (tertiary/aromatic N) is 3. The Balaban J connectivity index is 2.41. The molecule has 108 valence electrons. The van der Waals surface area contributed by atoms with E-state index in [2.05, 4.69) is 0 Å². The number of hydrogen-bond donors (Lipinski definition) is 1. The summed E-state index contributed by atoms with van der Waals surface area (Å²) in [6, 6.07) is 7.05. The first-order chi connectivity index (χ1) is 10.1. The number of hydrogen-bond acceptors (Lipinski definition) is 4. The maximum Gasteiger partial charge on any atom is 0.331 e. The molecular weight excluding hydrogens is 275 g/mol. The third-order valence-corrected chi connectivity index (χ3v) is 3.00. The van der Waals surface area contributed by atoms with Gasteiger partial charge in [-0.2, -0.15) is 5.26 Å². The number of rotatable bonds is 4. The van der Waals surface area contributed by atoms with Gasteiger partial charge in [-0.15, -0.1) is 0 Å². The zero-order valence-corrected chi connectivity index (χ0v) is 11.1. The van der Waals surface area contributed by atoms with E-state index < -0.39 is 17.1 Å². The number of nitrogens with two attached hydrogens (primary N) is 1. The molecule has 0 saturated carbocycles. The van der Waals surface area contributed by atoms with Gasteiger partial charge in [0.25, 0.3) is 5.56 Å². The largest absolute Gasteiger partial charge is 0.331 e. The van der Waals surface area contributed by atoms with Crippen LogP contribution >= 0.6 is 0 Å². The van der Waals surface area contributed by atoms with Crippen molar-refractivity contribution < 1.29 is 4.39 Å². The minimum Gasteiger partial charge on any atom is -0.329 e. The van der Waals surface area contributed by atoms with Gasteiger partial charge in [0.05, 0.1) is 12.1 Å². The number of nitriles is 1. The summed E-state index contributed by atoms with van der Waals surface area (Å²) in [5.41, 5.74) is 4.97. The van der Waals surface area contributed by atoms with E-state index in [0.29, 0.717) is 5.56 Å². The van der Waals surface area contributed by atoms with Crippen LogP contribution in [-0.2, 0) is 13.1 Å². The smallest absolute Gasteiger partial charge is 0.329 e. The van der Waals surface area contributed by atoms with Crippen LogP contribution < -0.4 is 17.0 Å². The van der Waals surface area contributed by atoms with E-state index in [1.54, 1.807) is 6.07 Å². The summed E-state index contributed by atoms with van der Waals surface area (Å²) in [6.45, 7) is 0.443. The average molecular weight is 288 g/mol. The van der Waals surface area contributed by atoms with Gasteiger partial charge >= 0.3 is 5.69 Å². The maximum absolute atomic E-state index is 13.3. The van der Waals surface area contributed by atoms with E-state index in [4.69, 9.17) is 11.0 Å². The molecule has 0 fully saturated rings. The Labute approximate surface area is 119 Å². The van der Waals surface area contributed by atoms with Gasteiger partial charge in [-0.1, -0.05) is 6.07 Å². The maximum atomic E-state index is 13.3. The lowest BCUT2D eigenvalue weighted by Gasteiger charge is -2.09. The van der Waals surface area contributed by atoms with Crippen molar-refractivity contribution in [1.29, 1.82) is 5.26 Å². The SMILES string of the molecule is N#Cc1cc(Cn2ccc(=O)n(CCN)c2=O)ccc1F. The Bertz CT molecular complexity index is 817. The molecule has 2 N–H and O–H groups in total. The summed E-state index contributed by atoms with van der Waals surface area (Å²) in [7, 11) is 0. The standard InChI is InChI=1S/C14H13FN4O2/c15-12-2-1-10(7-11(12)8-17)9-18-5-3-13(20)19(6-4-16)14(18)21/h1-3,5,7H,4,6,9,16H2. The van der Waals surface area contributed by atoms with Crippen molar-refractivity contribution in [3.8, 4) is 6.07 Å². The lowest BCUT2D eigenvalue weighted by molar-refractivity contribution is 0.578. The minimum absolute atomic E-state index is 0.0872. The molecule has 1 aromatic carbocycles. The van der Waals surface area contributed by atoms with Gasteiger partial charge in [0.2, 0.25) is 0 Å². The van der Waals surface area contributed by atoms with Gasteiger partial charge in [-0.05, 0) is 17.7 Å². The molecule has 1 heterocycles. The third kappa shape index (κ3) is 3.07. The zero-order chi connectivity index (χ0) is 15.4. The molecule has 2 rings (SSSR count). The molecule has 0 aliphatic carbocycles. The van der Waals surface area contributed by atoms with Crippen LogP contribution in [-0.4, -0.2) is 15.7 Å². The molecular formula is C14H13FN4O2. The predicted octanol–water partition coefficient (Wildman–Crippen LogP) is 0.0278. The van der Waals surface area contributed by atoms with Crippen LogP contribution in [0.2, 0.25) is 0 Å². The molecule has 0 amide bonds. The lowest BCUT2D eigenvalue weighted by Crippen LogP contribution is -2.40. The third-order valence-electron chi connectivity index (χ3n) is 3.00. The Hall–Kier alpha value is -2.72. The monoisotopic (exact) mass is 288 g/mol. The van der Waals surface area contributed by atoms with Gasteiger partial charge in [0.15, 0.2) is 0 Å². The van der Waals surface area contributed by atoms with Crippen LogP contribution in [0.15, 0.2) is 40.1 Å². The van der Waals surface area contributed by atoms with Crippen molar-refractivity contribution >= 4 is 0 Å². The summed E-state index contributed by atoms with van der Waals surface area (Å²) in [5.74, 6) is -0.610. The van der Waals surface area contributed by atoms with Gasteiger partial charge < -0.3 is 5.73 Å². The zero-order valence-electron chi connectivity index (χ0n) is 11.1. The first-order valence-corrected chi connectivity index (χ1v) is 6.25. The molecule has 0 aliphatic heterocycles. The fourth-order valence-electron chi connectivity index (χ4n) is 1.97.